The van der Waals surface area contributed by atoms with Gasteiger partial charge in [-0.05, 0) is 49.2 Å². The molecule has 46 heavy (non-hydrogen) atoms. The first kappa shape index (κ1) is 43.5. The number of Topliss-reactive ketones (excluding diaryl/α,β-unsaturated/α-hetero) is 1. The molecule has 5 amide bonds. The molecular weight excluding hydrogens is 649 g/mol. The summed E-state index contributed by atoms with van der Waals surface area (Å²) in [5, 5.41) is 5.62. The molecule has 2 fully saturated rings. The zero-order valence-corrected chi connectivity index (χ0v) is 29.5. The van der Waals surface area contributed by atoms with Crippen LogP contribution in [0.3, 0.4) is 0 Å². The second-order valence-electron chi connectivity index (χ2n) is 13.2. The van der Waals surface area contributed by atoms with E-state index in [9.17, 15) is 41.9 Å². The highest BCUT2D eigenvalue weighted by molar-refractivity contribution is 7.79. The molecule has 12 nitrogen and oxygen atoms in total. The van der Waals surface area contributed by atoms with Crippen molar-refractivity contribution < 1.29 is 41.9 Å². The minimum Gasteiger partial charge on any atom is -0.363 e. The highest BCUT2D eigenvalue weighted by Crippen LogP contribution is 2.26. The first-order valence-corrected chi connectivity index (χ1v) is 16.3. The Kier molecular flexibility index (Phi) is 18.3. The monoisotopic (exact) mass is 700 g/mol. The third-order valence-corrected chi connectivity index (χ3v) is 7.68. The minimum atomic E-state index is -4.37. The first-order chi connectivity index (χ1) is 21.1. The lowest BCUT2D eigenvalue weighted by Crippen LogP contribution is -2.61. The summed E-state index contributed by atoms with van der Waals surface area (Å²) >= 11 is 6.96. The molecule has 0 saturated carbocycles. The molecule has 0 bridgehead atoms. The van der Waals surface area contributed by atoms with E-state index >= 15 is 0 Å². The van der Waals surface area contributed by atoms with E-state index < -0.39 is 71.7 Å². The van der Waals surface area contributed by atoms with Gasteiger partial charge in [-0.2, -0.15) is 25.8 Å². The number of halogens is 3. The molecule has 0 aromatic carbocycles. The molecule has 0 spiro atoms. The number of hydrogen-bond acceptors (Lipinski definition) is 9. The number of primary amides is 1. The summed E-state index contributed by atoms with van der Waals surface area (Å²) in [5.41, 5.74) is 3.58. The summed E-state index contributed by atoms with van der Waals surface area (Å²) in [5.74, 6) is -2.73. The Bertz CT molecular complexity index is 1050. The van der Waals surface area contributed by atoms with Crippen LogP contribution in [0.1, 0.15) is 80.1 Å². The molecule has 266 valence electrons. The van der Waals surface area contributed by atoms with Gasteiger partial charge in [-0.3, -0.25) is 23.9 Å². The SMILES string of the molecule is CC(C)(C)C(NC(=O)NC(C(=O)N1CCCC1C=O)C(C)(C)C)C(=O)N1CCCC1.CS.NC(=O)C(=O)C(CCC(F)(F)F)NS. The molecular formula is C29H51F3N6O6S2. The van der Waals surface area contributed by atoms with Crippen LogP contribution < -0.4 is 21.1 Å². The number of urea groups is 1. The van der Waals surface area contributed by atoms with Crippen LogP contribution in [0.25, 0.3) is 0 Å². The Morgan fingerprint density at radius 2 is 1.35 bits per heavy atom. The first-order valence-electron chi connectivity index (χ1n) is 15.0. The molecule has 4 unspecified atom stereocenters. The molecule has 0 aliphatic carbocycles. The molecule has 17 heteroatoms. The maximum absolute atomic E-state index is 13.2. The Balaban J connectivity index is 0.00000106. The number of alkyl halides is 3. The predicted molar refractivity (Wildman–Crippen MR) is 175 cm³/mol. The number of hydrogen-bond donors (Lipinski definition) is 6. The second-order valence-corrected chi connectivity index (χ2v) is 13.4. The van der Waals surface area contributed by atoms with Crippen molar-refractivity contribution in [2.75, 3.05) is 25.9 Å². The smallest absolute Gasteiger partial charge is 0.363 e. The summed E-state index contributed by atoms with van der Waals surface area (Å²) in [6, 6.07) is -3.78. The second kappa shape index (κ2) is 19.3. The molecule has 4 atom stereocenters. The Hall–Kier alpha value is -2.53. The van der Waals surface area contributed by atoms with E-state index in [0.717, 1.165) is 25.5 Å². The fourth-order valence-corrected chi connectivity index (χ4v) is 5.08. The zero-order chi connectivity index (χ0) is 36.0. The Morgan fingerprint density at radius 1 is 0.870 bits per heavy atom. The third kappa shape index (κ3) is 14.5. The van der Waals surface area contributed by atoms with Crippen LogP contribution in [0.15, 0.2) is 0 Å². The van der Waals surface area contributed by atoms with Gasteiger partial charge >= 0.3 is 12.2 Å². The van der Waals surface area contributed by atoms with Gasteiger partial charge in [0.05, 0.1) is 12.1 Å². The maximum atomic E-state index is 13.2. The van der Waals surface area contributed by atoms with Crippen LogP contribution in [0.4, 0.5) is 18.0 Å². The van der Waals surface area contributed by atoms with Gasteiger partial charge in [-0.25, -0.2) is 4.79 Å². The molecule has 2 rings (SSSR count). The summed E-state index contributed by atoms with van der Waals surface area (Å²) < 4.78 is 37.2. The lowest BCUT2D eigenvalue weighted by atomic mass is 9.85. The van der Waals surface area contributed by atoms with Gasteiger partial charge in [-0.1, -0.05) is 54.4 Å². The fraction of sp³-hybridized carbons (Fsp3) is 0.793. The van der Waals surface area contributed by atoms with Crippen LogP contribution in [0.5, 0.6) is 0 Å². The molecule has 0 aromatic heterocycles. The van der Waals surface area contributed by atoms with E-state index in [1.165, 1.54) is 0 Å². The van der Waals surface area contributed by atoms with E-state index in [-0.39, 0.29) is 11.8 Å². The highest BCUT2D eigenvalue weighted by atomic mass is 32.1. The average Bonchev–Trinajstić information content (AvgIpc) is 3.66. The van der Waals surface area contributed by atoms with Crippen molar-refractivity contribution in [3.63, 3.8) is 0 Å². The van der Waals surface area contributed by atoms with Crippen LogP contribution in [-0.4, -0.2) is 102 Å². The number of carbonyl (C=O) groups excluding carboxylic acids is 6. The van der Waals surface area contributed by atoms with Gasteiger partial charge < -0.3 is 31.0 Å². The van der Waals surface area contributed by atoms with E-state index in [4.69, 9.17) is 0 Å². The molecule has 2 saturated heterocycles. The van der Waals surface area contributed by atoms with E-state index in [1.807, 2.05) is 46.3 Å². The van der Waals surface area contributed by atoms with Crippen molar-refractivity contribution in [1.82, 2.24) is 25.2 Å². The number of nitrogens with two attached hydrogens (primary N) is 1. The van der Waals surface area contributed by atoms with Crippen molar-refractivity contribution in [3.05, 3.63) is 0 Å². The van der Waals surface area contributed by atoms with Crippen LogP contribution in [0.2, 0.25) is 0 Å². The number of likely N-dealkylation sites (tertiary alicyclic amines) is 2. The molecule has 0 radical (unpaired) electrons. The van der Waals surface area contributed by atoms with Crippen molar-refractivity contribution >= 4 is 61.3 Å². The third-order valence-electron chi connectivity index (χ3n) is 7.37. The maximum Gasteiger partial charge on any atom is 0.389 e. The summed E-state index contributed by atoms with van der Waals surface area (Å²) in [7, 11) is 0. The number of aldehydes is 1. The number of thiol groups is 2. The lowest BCUT2D eigenvalue weighted by molar-refractivity contribution is -0.142. The topological polar surface area (TPSA) is 171 Å². The predicted octanol–water partition coefficient (Wildman–Crippen LogP) is 2.66. The van der Waals surface area contributed by atoms with Crippen molar-refractivity contribution in [2.24, 2.45) is 16.6 Å². The lowest BCUT2D eigenvalue weighted by Gasteiger charge is -2.37. The van der Waals surface area contributed by atoms with E-state index in [1.54, 1.807) is 16.1 Å². The number of nitrogens with one attached hydrogen (secondary N) is 3. The summed E-state index contributed by atoms with van der Waals surface area (Å²) in [6.45, 7) is 13.3. The Morgan fingerprint density at radius 3 is 1.74 bits per heavy atom. The Labute approximate surface area is 280 Å². The fourth-order valence-electron chi connectivity index (χ4n) is 4.83. The van der Waals surface area contributed by atoms with Crippen molar-refractivity contribution in [2.45, 2.75) is 110 Å². The molecule has 5 N–H and O–H groups in total. The van der Waals surface area contributed by atoms with Gasteiger partial charge in [0.1, 0.15) is 18.4 Å². The number of ketones is 1. The normalized spacial score (nSPS) is 18.6. The molecule has 2 aliphatic heterocycles. The largest absolute Gasteiger partial charge is 0.389 e. The highest BCUT2D eigenvalue weighted by Gasteiger charge is 2.41. The molecule has 0 aromatic rings. The number of nitrogens with zero attached hydrogens (tertiary/aromatic N) is 2. The molecule has 2 heterocycles. The number of carbonyl (C=O) groups is 6. The standard InChI is InChI=1S/C22H38N4O4.C6H9F3N2O2S.CH4S/c1-21(2,3)16(18(28)25-11-7-8-12-25)23-20(30)24-17(22(4,5)6)19(29)26-13-9-10-15(26)14-27;7-6(8,9)2-1-3(11-14)4(12)5(10)13;1-2/h14-17H,7-13H2,1-6H3,(H2,23,24,30);3,11,14H,1-2H2,(H2,10,13);2H,1H3. The van der Waals surface area contributed by atoms with Gasteiger partial charge in [0.2, 0.25) is 17.6 Å². The van der Waals surface area contributed by atoms with Gasteiger partial charge in [0.25, 0.3) is 5.91 Å². The molecule has 2 aliphatic rings. The van der Waals surface area contributed by atoms with Gasteiger partial charge in [0.15, 0.2) is 0 Å². The number of rotatable bonds is 10. The number of amides is 5. The average molecular weight is 701 g/mol. The van der Waals surface area contributed by atoms with Gasteiger partial charge in [-0.15, -0.1) is 0 Å². The summed E-state index contributed by atoms with van der Waals surface area (Å²) in [4.78, 5) is 75.0. The van der Waals surface area contributed by atoms with Crippen molar-refractivity contribution in [3.8, 4) is 0 Å². The quantitative estimate of drug-likeness (QED) is 0.116. The van der Waals surface area contributed by atoms with Crippen LogP contribution in [0, 0.1) is 10.8 Å². The minimum absolute atomic E-state index is 0.0886. The van der Waals surface area contributed by atoms with Crippen LogP contribution in [-0.2, 0) is 24.0 Å². The van der Waals surface area contributed by atoms with Gasteiger partial charge in [0, 0.05) is 26.1 Å². The van der Waals surface area contributed by atoms with Crippen LogP contribution >= 0.6 is 25.4 Å². The van der Waals surface area contributed by atoms with E-state index in [0.29, 0.717) is 26.1 Å². The van der Waals surface area contributed by atoms with E-state index in [2.05, 4.69) is 41.8 Å². The zero-order valence-electron chi connectivity index (χ0n) is 27.7. The van der Waals surface area contributed by atoms with Crippen molar-refractivity contribution in [1.29, 1.82) is 0 Å². The summed E-state index contributed by atoms with van der Waals surface area (Å²) in [6.07, 6.45) is -0.246.